The van der Waals surface area contributed by atoms with Gasteiger partial charge in [0, 0.05) is 11.9 Å². The smallest absolute Gasteiger partial charge is 0.238 e. The van der Waals surface area contributed by atoms with Crippen LogP contribution in [0.15, 0.2) is 35.4 Å². The number of anilines is 1. The Balaban J connectivity index is 2.27. The molecule has 6 heteroatoms. The molecule has 0 unspecified atom stereocenters. The van der Waals surface area contributed by atoms with Gasteiger partial charge >= 0.3 is 0 Å². The van der Waals surface area contributed by atoms with Crippen molar-refractivity contribution in [2.24, 2.45) is 5.14 Å². The van der Waals surface area contributed by atoms with Crippen LogP contribution in [0.4, 0.5) is 5.69 Å². The zero-order valence-electron chi connectivity index (χ0n) is 12.3. The minimum absolute atomic E-state index is 0.116. The van der Waals surface area contributed by atoms with Crippen molar-refractivity contribution < 1.29 is 8.42 Å². The molecule has 0 aliphatic rings. The molecular weight excluding hydrogens is 286 g/mol. The van der Waals surface area contributed by atoms with E-state index < -0.39 is 10.0 Å². The molecule has 5 nitrogen and oxygen atoms in total. The van der Waals surface area contributed by atoms with E-state index >= 15 is 0 Å². The van der Waals surface area contributed by atoms with Crippen molar-refractivity contribution in [2.45, 2.75) is 32.2 Å². The van der Waals surface area contributed by atoms with Gasteiger partial charge < -0.3 is 5.32 Å². The topological polar surface area (TPSA) is 85.1 Å². The highest BCUT2D eigenvalue weighted by molar-refractivity contribution is 7.89. The maximum Gasteiger partial charge on any atom is 0.238 e. The van der Waals surface area contributed by atoms with Crippen molar-refractivity contribution in [1.82, 2.24) is 4.98 Å². The van der Waals surface area contributed by atoms with E-state index in [0.717, 1.165) is 28.1 Å². The highest BCUT2D eigenvalue weighted by Crippen LogP contribution is 2.23. The van der Waals surface area contributed by atoms with E-state index in [2.05, 4.69) is 10.3 Å². The Kier molecular flexibility index (Phi) is 4.29. The molecule has 0 radical (unpaired) electrons. The molecule has 1 aromatic heterocycles. The molecule has 0 bridgehead atoms. The zero-order chi connectivity index (χ0) is 15.6. The van der Waals surface area contributed by atoms with Crippen LogP contribution < -0.4 is 10.5 Å². The number of hydrogen-bond donors (Lipinski definition) is 2. The largest absolute Gasteiger partial charge is 0.379 e. The number of aryl methyl sites for hydroxylation is 2. The number of rotatable bonds is 4. The predicted octanol–water partition coefficient (Wildman–Crippen LogP) is 2.27. The van der Waals surface area contributed by atoms with Crippen LogP contribution in [0, 0.1) is 20.8 Å². The lowest BCUT2D eigenvalue weighted by Crippen LogP contribution is -2.13. The van der Waals surface area contributed by atoms with Gasteiger partial charge in [0.05, 0.1) is 17.1 Å². The van der Waals surface area contributed by atoms with Crippen LogP contribution >= 0.6 is 0 Å². The average molecular weight is 305 g/mol. The second-order valence-corrected chi connectivity index (χ2v) is 6.70. The third-order valence-corrected chi connectivity index (χ3v) is 4.29. The maximum absolute atomic E-state index is 11.5. The number of pyridine rings is 1. The van der Waals surface area contributed by atoms with E-state index in [1.807, 2.05) is 32.9 Å². The average Bonchev–Trinajstić information content (AvgIpc) is 2.41. The van der Waals surface area contributed by atoms with Crippen molar-refractivity contribution in [3.63, 3.8) is 0 Å². The Morgan fingerprint density at radius 2 is 1.90 bits per heavy atom. The molecule has 0 fully saturated rings. The summed E-state index contributed by atoms with van der Waals surface area (Å²) in [6, 6.07) is 7.07. The molecule has 1 heterocycles. The van der Waals surface area contributed by atoms with E-state index in [1.54, 1.807) is 18.3 Å². The molecule has 0 atom stereocenters. The first kappa shape index (κ1) is 15.5. The number of sulfonamides is 1. The Labute approximate surface area is 125 Å². The number of nitrogens with zero attached hydrogens (tertiary/aromatic N) is 1. The van der Waals surface area contributed by atoms with Crippen LogP contribution in [-0.2, 0) is 16.6 Å². The molecule has 2 rings (SSSR count). The normalized spacial score (nSPS) is 11.4. The van der Waals surface area contributed by atoms with Crippen molar-refractivity contribution in [2.75, 3.05) is 5.32 Å². The molecule has 0 aliphatic carbocycles. The van der Waals surface area contributed by atoms with E-state index in [0.29, 0.717) is 6.54 Å². The van der Waals surface area contributed by atoms with E-state index in [1.165, 1.54) is 0 Å². The highest BCUT2D eigenvalue weighted by atomic mass is 32.2. The Morgan fingerprint density at radius 1 is 1.19 bits per heavy atom. The van der Waals surface area contributed by atoms with Gasteiger partial charge in [-0.2, -0.15) is 0 Å². The van der Waals surface area contributed by atoms with E-state index in [9.17, 15) is 8.42 Å². The monoisotopic (exact) mass is 305 g/mol. The quantitative estimate of drug-likeness (QED) is 0.907. The Morgan fingerprint density at radius 3 is 2.48 bits per heavy atom. The third kappa shape index (κ3) is 3.80. The van der Waals surface area contributed by atoms with Crippen LogP contribution in [0.5, 0.6) is 0 Å². The van der Waals surface area contributed by atoms with Gasteiger partial charge in [-0.25, -0.2) is 13.6 Å². The van der Waals surface area contributed by atoms with Crippen molar-refractivity contribution in [3.05, 3.63) is 52.8 Å². The number of hydrogen-bond acceptors (Lipinski definition) is 4. The molecule has 21 heavy (non-hydrogen) atoms. The fraction of sp³-hybridized carbons (Fsp3) is 0.267. The molecule has 3 N–H and O–H groups in total. The number of nitrogens with two attached hydrogens (primary N) is 1. The standard InChI is InChI=1S/C15H19N3O2S/c1-10-4-5-13(17-8-10)9-18-15-7-14(21(16,19)20)6-11(2)12(15)3/h4-8,18H,9H2,1-3H3,(H2,16,19,20). The second kappa shape index (κ2) is 5.83. The molecule has 0 amide bonds. The van der Waals surface area contributed by atoms with Crippen molar-refractivity contribution in [1.29, 1.82) is 0 Å². The highest BCUT2D eigenvalue weighted by Gasteiger charge is 2.12. The van der Waals surface area contributed by atoms with Crippen LogP contribution in [0.3, 0.4) is 0 Å². The van der Waals surface area contributed by atoms with Gasteiger partial charge in [0.25, 0.3) is 0 Å². The predicted molar refractivity (Wildman–Crippen MR) is 83.6 cm³/mol. The van der Waals surface area contributed by atoms with E-state index in [4.69, 9.17) is 5.14 Å². The van der Waals surface area contributed by atoms with E-state index in [-0.39, 0.29) is 4.90 Å². The Bertz CT molecular complexity index is 753. The fourth-order valence-electron chi connectivity index (χ4n) is 1.96. The summed E-state index contributed by atoms with van der Waals surface area (Å²) in [5, 5.41) is 8.42. The number of nitrogens with one attached hydrogen (secondary N) is 1. The molecule has 0 aliphatic heterocycles. The summed E-state index contributed by atoms with van der Waals surface area (Å²) in [5.41, 5.74) is 4.61. The summed E-state index contributed by atoms with van der Waals surface area (Å²) in [7, 11) is -3.71. The minimum Gasteiger partial charge on any atom is -0.379 e. The first-order valence-electron chi connectivity index (χ1n) is 6.57. The van der Waals surface area contributed by atoms with Gasteiger partial charge in [-0.3, -0.25) is 4.98 Å². The van der Waals surface area contributed by atoms with Gasteiger partial charge in [-0.15, -0.1) is 0 Å². The second-order valence-electron chi connectivity index (χ2n) is 5.14. The lowest BCUT2D eigenvalue weighted by molar-refractivity contribution is 0.597. The fourth-order valence-corrected chi connectivity index (χ4v) is 2.59. The number of aromatic nitrogens is 1. The maximum atomic E-state index is 11.5. The summed E-state index contributed by atoms with van der Waals surface area (Å²) in [6.07, 6.45) is 1.80. The van der Waals surface area contributed by atoms with Gasteiger partial charge in [-0.1, -0.05) is 6.07 Å². The minimum atomic E-state index is -3.71. The summed E-state index contributed by atoms with van der Waals surface area (Å²) in [4.78, 5) is 4.43. The summed E-state index contributed by atoms with van der Waals surface area (Å²) in [6.45, 7) is 6.30. The van der Waals surface area contributed by atoms with Crippen LogP contribution in [0.25, 0.3) is 0 Å². The molecule has 0 saturated heterocycles. The first-order chi connectivity index (χ1) is 9.77. The van der Waals surface area contributed by atoms with Gasteiger partial charge in [-0.05, 0) is 55.7 Å². The third-order valence-electron chi connectivity index (χ3n) is 3.40. The first-order valence-corrected chi connectivity index (χ1v) is 8.11. The summed E-state index contributed by atoms with van der Waals surface area (Å²) >= 11 is 0. The molecule has 0 saturated carbocycles. The Hall–Kier alpha value is -1.92. The van der Waals surface area contributed by atoms with Crippen LogP contribution in [0.2, 0.25) is 0 Å². The van der Waals surface area contributed by atoms with Gasteiger partial charge in [0.15, 0.2) is 0 Å². The number of benzene rings is 1. The van der Waals surface area contributed by atoms with Crippen molar-refractivity contribution in [3.8, 4) is 0 Å². The van der Waals surface area contributed by atoms with Crippen molar-refractivity contribution >= 4 is 15.7 Å². The lowest BCUT2D eigenvalue weighted by atomic mass is 10.1. The SMILES string of the molecule is Cc1ccc(CNc2cc(S(N)(=O)=O)cc(C)c2C)nc1. The molecule has 1 aromatic carbocycles. The molecular formula is C15H19N3O2S. The van der Waals surface area contributed by atoms with Gasteiger partial charge in [0.1, 0.15) is 0 Å². The van der Waals surface area contributed by atoms with Gasteiger partial charge in [0.2, 0.25) is 10.0 Å². The summed E-state index contributed by atoms with van der Waals surface area (Å²) < 4.78 is 23.0. The van der Waals surface area contributed by atoms with Crippen LogP contribution in [-0.4, -0.2) is 13.4 Å². The molecule has 2 aromatic rings. The molecule has 0 spiro atoms. The lowest BCUT2D eigenvalue weighted by Gasteiger charge is -2.13. The summed E-state index contributed by atoms with van der Waals surface area (Å²) in [5.74, 6) is 0. The zero-order valence-corrected chi connectivity index (χ0v) is 13.2. The van der Waals surface area contributed by atoms with Crippen LogP contribution in [0.1, 0.15) is 22.4 Å². The number of primary sulfonamides is 1. The molecule has 112 valence electrons.